The molecule has 2 heterocycles. The van der Waals surface area contributed by atoms with Crippen molar-refractivity contribution >= 4 is 22.9 Å². The average molecular weight is 153 g/mol. The van der Waals surface area contributed by atoms with Crippen molar-refractivity contribution in [2.75, 3.05) is 11.9 Å². The minimum atomic E-state index is 0.206. The first-order valence-electron chi connectivity index (χ1n) is 3.10. The van der Waals surface area contributed by atoms with Crippen LogP contribution in [0.5, 0.6) is 0 Å². The van der Waals surface area contributed by atoms with E-state index in [1.165, 1.54) is 5.56 Å². The zero-order valence-electron chi connectivity index (χ0n) is 5.63. The Morgan fingerprint density at radius 2 is 2.40 bits per heavy atom. The van der Waals surface area contributed by atoms with E-state index in [1.54, 1.807) is 16.2 Å². The van der Waals surface area contributed by atoms with Crippen LogP contribution < -0.4 is 4.90 Å². The van der Waals surface area contributed by atoms with E-state index in [2.05, 4.69) is 0 Å². The van der Waals surface area contributed by atoms with Gasteiger partial charge in [-0.3, -0.25) is 4.79 Å². The molecule has 2 rings (SSSR count). The molecule has 0 N–H and O–H groups in total. The normalized spacial score (nSPS) is 16.1. The van der Waals surface area contributed by atoms with Gasteiger partial charge < -0.3 is 4.90 Å². The van der Waals surface area contributed by atoms with Gasteiger partial charge in [0.05, 0.1) is 12.1 Å². The average Bonchev–Trinajstić information content (AvgIpc) is 2.41. The monoisotopic (exact) mass is 153 g/mol. The van der Waals surface area contributed by atoms with Gasteiger partial charge in [0.15, 0.2) is 0 Å². The standard InChI is InChI=1S/C7H7NOS/c1-8-6-4-10-3-5(6)2-7(8)9/h3-4H,2H2,1H3. The second-order valence-corrected chi connectivity index (χ2v) is 3.16. The minimum Gasteiger partial charge on any atom is -0.314 e. The Kier molecular flexibility index (Phi) is 1.08. The van der Waals surface area contributed by atoms with Crippen molar-refractivity contribution in [1.82, 2.24) is 0 Å². The van der Waals surface area contributed by atoms with Crippen LogP contribution in [0.15, 0.2) is 10.8 Å². The Morgan fingerprint density at radius 1 is 1.60 bits per heavy atom. The Balaban J connectivity index is 2.52. The highest BCUT2D eigenvalue weighted by Crippen LogP contribution is 2.30. The Hall–Kier alpha value is -0.830. The molecule has 3 heteroatoms. The molecule has 1 amide bonds. The van der Waals surface area contributed by atoms with Crippen molar-refractivity contribution < 1.29 is 4.79 Å². The smallest absolute Gasteiger partial charge is 0.231 e. The van der Waals surface area contributed by atoms with Gasteiger partial charge in [-0.1, -0.05) is 0 Å². The number of nitrogens with zero attached hydrogens (tertiary/aromatic N) is 1. The fourth-order valence-corrected chi connectivity index (χ4v) is 2.03. The topological polar surface area (TPSA) is 20.3 Å². The van der Waals surface area contributed by atoms with E-state index in [1.807, 2.05) is 17.8 Å². The summed E-state index contributed by atoms with van der Waals surface area (Å²) in [5.41, 5.74) is 2.27. The van der Waals surface area contributed by atoms with E-state index in [0.717, 1.165) is 5.69 Å². The number of rotatable bonds is 0. The van der Waals surface area contributed by atoms with E-state index < -0.39 is 0 Å². The van der Waals surface area contributed by atoms with Crippen molar-refractivity contribution in [2.24, 2.45) is 0 Å². The van der Waals surface area contributed by atoms with E-state index in [0.29, 0.717) is 6.42 Å². The highest BCUT2D eigenvalue weighted by molar-refractivity contribution is 7.08. The Bertz CT molecular complexity index is 279. The summed E-state index contributed by atoms with van der Waals surface area (Å²) in [6.45, 7) is 0. The lowest BCUT2D eigenvalue weighted by atomic mass is 10.3. The molecular formula is C7H7NOS. The van der Waals surface area contributed by atoms with Crippen LogP contribution >= 0.6 is 11.3 Å². The number of carbonyl (C=O) groups is 1. The molecule has 1 aliphatic rings. The van der Waals surface area contributed by atoms with Crippen LogP contribution in [0, 0.1) is 0 Å². The third kappa shape index (κ3) is 0.609. The van der Waals surface area contributed by atoms with Crippen LogP contribution in [0.3, 0.4) is 0 Å². The summed E-state index contributed by atoms with van der Waals surface area (Å²) in [7, 11) is 1.82. The quantitative estimate of drug-likeness (QED) is 0.549. The molecule has 0 radical (unpaired) electrons. The predicted octanol–water partition coefficient (Wildman–Crippen LogP) is 1.27. The lowest BCUT2D eigenvalue weighted by Gasteiger charge is -2.05. The van der Waals surface area contributed by atoms with Crippen LogP contribution in [-0.2, 0) is 11.2 Å². The molecule has 1 aliphatic heterocycles. The molecule has 0 saturated carbocycles. The van der Waals surface area contributed by atoms with Gasteiger partial charge in [-0.2, -0.15) is 0 Å². The van der Waals surface area contributed by atoms with Crippen molar-refractivity contribution in [2.45, 2.75) is 6.42 Å². The van der Waals surface area contributed by atoms with Crippen molar-refractivity contribution in [1.29, 1.82) is 0 Å². The van der Waals surface area contributed by atoms with Crippen LogP contribution in [0.2, 0.25) is 0 Å². The van der Waals surface area contributed by atoms with Crippen LogP contribution in [0.1, 0.15) is 5.56 Å². The zero-order valence-corrected chi connectivity index (χ0v) is 6.44. The summed E-state index contributed by atoms with van der Waals surface area (Å²) >= 11 is 1.65. The maximum Gasteiger partial charge on any atom is 0.231 e. The number of carbonyl (C=O) groups excluding carboxylic acids is 1. The molecule has 0 unspecified atom stereocenters. The van der Waals surface area contributed by atoms with Gasteiger partial charge in [-0.05, 0) is 10.9 Å². The number of anilines is 1. The van der Waals surface area contributed by atoms with Crippen LogP contribution in [0.25, 0.3) is 0 Å². The summed E-state index contributed by atoms with van der Waals surface area (Å²) in [4.78, 5) is 12.7. The van der Waals surface area contributed by atoms with E-state index >= 15 is 0 Å². The first kappa shape index (κ1) is 5.92. The largest absolute Gasteiger partial charge is 0.314 e. The summed E-state index contributed by atoms with van der Waals surface area (Å²) in [5, 5.41) is 4.05. The third-order valence-electron chi connectivity index (χ3n) is 1.80. The van der Waals surface area contributed by atoms with Gasteiger partial charge in [-0.15, -0.1) is 11.3 Å². The number of hydrogen-bond acceptors (Lipinski definition) is 2. The fraction of sp³-hybridized carbons (Fsp3) is 0.286. The van der Waals surface area contributed by atoms with E-state index in [-0.39, 0.29) is 5.91 Å². The lowest BCUT2D eigenvalue weighted by Crippen LogP contribution is -2.20. The Labute approximate surface area is 63.1 Å². The van der Waals surface area contributed by atoms with Gasteiger partial charge in [0.1, 0.15) is 0 Å². The molecule has 1 aromatic rings. The maximum absolute atomic E-state index is 11.0. The lowest BCUT2D eigenvalue weighted by molar-refractivity contribution is -0.117. The van der Waals surface area contributed by atoms with Gasteiger partial charge in [0.25, 0.3) is 0 Å². The number of thiophene rings is 1. The molecule has 0 aliphatic carbocycles. The van der Waals surface area contributed by atoms with Crippen molar-refractivity contribution in [3.8, 4) is 0 Å². The number of likely N-dealkylation sites (N-methyl/N-ethyl adjacent to an activating group) is 1. The van der Waals surface area contributed by atoms with Gasteiger partial charge >= 0.3 is 0 Å². The number of hydrogen-bond donors (Lipinski definition) is 0. The second-order valence-electron chi connectivity index (χ2n) is 2.41. The SMILES string of the molecule is CN1C(=O)Cc2cscc21. The first-order valence-corrected chi connectivity index (χ1v) is 4.05. The summed E-state index contributed by atoms with van der Waals surface area (Å²) in [6, 6.07) is 0. The van der Waals surface area contributed by atoms with Gasteiger partial charge in [-0.25, -0.2) is 0 Å². The third-order valence-corrected chi connectivity index (χ3v) is 2.58. The number of fused-ring (bicyclic) bond motifs is 1. The molecule has 2 nitrogen and oxygen atoms in total. The van der Waals surface area contributed by atoms with E-state index in [4.69, 9.17) is 0 Å². The highest BCUT2D eigenvalue weighted by Gasteiger charge is 2.23. The van der Waals surface area contributed by atoms with E-state index in [9.17, 15) is 4.79 Å². The molecule has 0 spiro atoms. The molecule has 1 aromatic heterocycles. The van der Waals surface area contributed by atoms with Crippen LogP contribution in [0.4, 0.5) is 5.69 Å². The predicted molar refractivity (Wildman–Crippen MR) is 41.4 cm³/mol. The zero-order chi connectivity index (χ0) is 7.14. The highest BCUT2D eigenvalue weighted by atomic mass is 32.1. The molecule has 0 atom stereocenters. The van der Waals surface area contributed by atoms with Crippen molar-refractivity contribution in [3.05, 3.63) is 16.3 Å². The first-order chi connectivity index (χ1) is 4.79. The molecule has 0 saturated heterocycles. The number of amides is 1. The Morgan fingerprint density at radius 3 is 3.10 bits per heavy atom. The molecule has 10 heavy (non-hydrogen) atoms. The maximum atomic E-state index is 11.0. The molecular weight excluding hydrogens is 146 g/mol. The minimum absolute atomic E-state index is 0.206. The second kappa shape index (κ2) is 1.83. The van der Waals surface area contributed by atoms with Crippen molar-refractivity contribution in [3.63, 3.8) is 0 Å². The molecule has 0 fully saturated rings. The van der Waals surface area contributed by atoms with Gasteiger partial charge in [0.2, 0.25) is 5.91 Å². The molecule has 0 aromatic carbocycles. The molecule has 0 bridgehead atoms. The summed E-state index contributed by atoms with van der Waals surface area (Å²) in [5.74, 6) is 0.206. The van der Waals surface area contributed by atoms with Gasteiger partial charge in [0, 0.05) is 12.4 Å². The molecule has 52 valence electrons. The summed E-state index contributed by atoms with van der Waals surface area (Å²) in [6.07, 6.45) is 0.593. The van der Waals surface area contributed by atoms with Crippen LogP contribution in [-0.4, -0.2) is 13.0 Å². The fourth-order valence-electron chi connectivity index (χ4n) is 1.16. The summed E-state index contributed by atoms with van der Waals surface area (Å²) < 4.78 is 0.